The van der Waals surface area contributed by atoms with E-state index < -0.39 is 0 Å². The molecule has 0 radical (unpaired) electrons. The van der Waals surface area contributed by atoms with E-state index in [2.05, 4.69) is 60.7 Å². The molecule has 78 valence electrons. The highest BCUT2D eigenvalue weighted by Crippen LogP contribution is 2.17. The molecule has 0 spiro atoms. The second-order valence-corrected chi connectivity index (χ2v) is 4.79. The highest BCUT2D eigenvalue weighted by atomic mass is 79.9. The van der Waals surface area contributed by atoms with Crippen molar-refractivity contribution in [1.29, 1.82) is 0 Å². The summed E-state index contributed by atoms with van der Waals surface area (Å²) in [4.78, 5) is 0. The minimum absolute atomic E-state index is 0. The van der Waals surface area contributed by atoms with Gasteiger partial charge in [-0.15, -0.1) is 0 Å². The van der Waals surface area contributed by atoms with Crippen molar-refractivity contribution in [3.05, 3.63) is 66.2 Å². The molecular weight excluding hydrogens is 267 g/mol. The molecule has 1 atom stereocenters. The first-order chi connectivity index (χ1) is 6.95. The molecule has 2 rings (SSSR count). The Morgan fingerprint density at radius 3 is 1.87 bits per heavy atom. The molecule has 0 aliphatic heterocycles. The van der Waals surface area contributed by atoms with Crippen LogP contribution in [0.15, 0.2) is 60.7 Å². The van der Waals surface area contributed by atoms with Crippen LogP contribution in [0.25, 0.3) is 0 Å². The van der Waals surface area contributed by atoms with Gasteiger partial charge in [0.15, 0.2) is 0 Å². The van der Waals surface area contributed by atoms with Gasteiger partial charge < -0.3 is 17.0 Å². The Hall–Kier alpha value is -0.650. The van der Waals surface area contributed by atoms with E-state index in [4.69, 9.17) is 0 Å². The molecule has 0 saturated carbocycles. The molecule has 0 saturated heterocycles. The van der Waals surface area contributed by atoms with E-state index in [0.29, 0.717) is 8.58 Å². The topological polar surface area (TPSA) is 0 Å². The minimum Gasteiger partial charge on any atom is -1.00 e. The summed E-state index contributed by atoms with van der Waals surface area (Å²) < 4.78 is 0. The summed E-state index contributed by atoms with van der Waals surface area (Å²) in [6.45, 7) is 0. The Morgan fingerprint density at radius 1 is 0.733 bits per heavy atom. The Morgan fingerprint density at radius 2 is 1.27 bits per heavy atom. The van der Waals surface area contributed by atoms with Gasteiger partial charge in [0.25, 0.3) is 0 Å². The van der Waals surface area contributed by atoms with Crippen molar-refractivity contribution in [2.24, 2.45) is 0 Å². The average Bonchev–Trinajstić information content (AvgIpc) is 2.29. The maximum absolute atomic E-state index is 2.22. The molecule has 0 heterocycles. The van der Waals surface area contributed by atoms with Gasteiger partial charge in [0.1, 0.15) is 0 Å². The van der Waals surface area contributed by atoms with Crippen LogP contribution in [0.1, 0.15) is 5.56 Å². The molecule has 0 nitrogen and oxygen atoms in total. The zero-order chi connectivity index (χ0) is 9.64. The Kier molecular flexibility index (Phi) is 5.60. The van der Waals surface area contributed by atoms with Gasteiger partial charge >= 0.3 is 0 Å². The van der Waals surface area contributed by atoms with Crippen LogP contribution < -0.4 is 22.3 Å². The predicted molar refractivity (Wildman–Crippen MR) is 65.9 cm³/mol. The average molecular weight is 281 g/mol. The molecule has 0 aliphatic rings. The van der Waals surface area contributed by atoms with Crippen LogP contribution in [-0.4, -0.2) is 0 Å². The molecule has 2 aromatic carbocycles. The zero-order valence-corrected chi connectivity index (χ0v) is 11.2. The van der Waals surface area contributed by atoms with Crippen molar-refractivity contribution >= 4 is 13.9 Å². The Bertz CT molecular complexity index is 333. The van der Waals surface area contributed by atoms with Crippen LogP contribution in [0.4, 0.5) is 0 Å². The molecule has 0 aliphatic carbocycles. The molecule has 15 heavy (non-hydrogen) atoms. The van der Waals surface area contributed by atoms with E-state index in [1.54, 1.807) is 0 Å². The van der Waals surface area contributed by atoms with Gasteiger partial charge in [0.2, 0.25) is 0 Å². The lowest BCUT2D eigenvalue weighted by molar-refractivity contribution is -0.00000271. The largest absolute Gasteiger partial charge is 1.00 e. The third-order valence-electron chi connectivity index (χ3n) is 2.22. The van der Waals surface area contributed by atoms with E-state index in [1.165, 1.54) is 17.0 Å². The van der Waals surface area contributed by atoms with Crippen molar-refractivity contribution < 1.29 is 17.0 Å². The molecule has 0 N–H and O–H groups in total. The normalized spacial score (nSPS) is 10.1. The number of benzene rings is 2. The fourth-order valence-electron chi connectivity index (χ4n) is 1.44. The number of hydrogen-bond donors (Lipinski definition) is 0. The molecule has 0 bridgehead atoms. The van der Waals surface area contributed by atoms with E-state index in [0.717, 1.165) is 0 Å². The van der Waals surface area contributed by atoms with Gasteiger partial charge in [0.05, 0.1) is 11.5 Å². The van der Waals surface area contributed by atoms with Crippen molar-refractivity contribution in [3.8, 4) is 0 Å². The summed E-state index contributed by atoms with van der Waals surface area (Å²) in [6, 6.07) is 21.5. The van der Waals surface area contributed by atoms with Crippen LogP contribution in [0.3, 0.4) is 0 Å². The lowest BCUT2D eigenvalue weighted by atomic mass is 10.2. The van der Waals surface area contributed by atoms with Crippen LogP contribution in [-0.2, 0) is 6.16 Å². The van der Waals surface area contributed by atoms with Crippen molar-refractivity contribution in [2.75, 3.05) is 0 Å². The second kappa shape index (κ2) is 6.76. The number of halogens is 1. The van der Waals surface area contributed by atoms with Crippen molar-refractivity contribution in [3.63, 3.8) is 0 Å². The molecular formula is C13H14BrP. The SMILES string of the molecule is [Br-].c1ccc(C[PH2+]c2ccccc2)cc1. The quantitative estimate of drug-likeness (QED) is 0.691. The van der Waals surface area contributed by atoms with Gasteiger partial charge in [-0.1, -0.05) is 48.5 Å². The molecule has 0 fully saturated rings. The Labute approximate surface area is 103 Å². The van der Waals surface area contributed by atoms with Gasteiger partial charge in [0, 0.05) is 8.58 Å². The lowest BCUT2D eigenvalue weighted by Crippen LogP contribution is -3.00. The van der Waals surface area contributed by atoms with E-state index in [9.17, 15) is 0 Å². The third kappa shape index (κ3) is 4.15. The second-order valence-electron chi connectivity index (χ2n) is 3.30. The van der Waals surface area contributed by atoms with Crippen molar-refractivity contribution in [1.82, 2.24) is 0 Å². The summed E-state index contributed by atoms with van der Waals surface area (Å²) >= 11 is 0. The summed E-state index contributed by atoms with van der Waals surface area (Å²) in [7, 11) is 0.386. The van der Waals surface area contributed by atoms with Crippen molar-refractivity contribution in [2.45, 2.75) is 6.16 Å². The molecule has 2 aromatic rings. The first-order valence-corrected chi connectivity index (χ1v) is 6.27. The highest BCUT2D eigenvalue weighted by molar-refractivity contribution is 7.46. The summed E-state index contributed by atoms with van der Waals surface area (Å²) in [5, 5.41) is 1.50. The highest BCUT2D eigenvalue weighted by Gasteiger charge is 1.99. The van der Waals surface area contributed by atoms with E-state index in [1.807, 2.05) is 0 Å². The van der Waals surface area contributed by atoms with E-state index in [-0.39, 0.29) is 17.0 Å². The van der Waals surface area contributed by atoms with Crippen LogP contribution in [0.5, 0.6) is 0 Å². The van der Waals surface area contributed by atoms with Gasteiger partial charge in [-0.25, -0.2) is 0 Å². The lowest BCUT2D eigenvalue weighted by Gasteiger charge is -1.95. The molecule has 1 unspecified atom stereocenters. The summed E-state index contributed by atoms with van der Waals surface area (Å²) in [5.74, 6) is 0. The third-order valence-corrected chi connectivity index (χ3v) is 3.75. The fraction of sp³-hybridized carbons (Fsp3) is 0.0769. The van der Waals surface area contributed by atoms with Gasteiger partial charge in [-0.3, -0.25) is 0 Å². The predicted octanol–water partition coefficient (Wildman–Crippen LogP) is -0.0731. The number of hydrogen-bond acceptors (Lipinski definition) is 0. The van der Waals surface area contributed by atoms with Crippen LogP contribution in [0.2, 0.25) is 0 Å². The van der Waals surface area contributed by atoms with Crippen LogP contribution in [0, 0.1) is 0 Å². The molecule has 2 heteroatoms. The van der Waals surface area contributed by atoms with Gasteiger partial charge in [-0.05, 0) is 17.7 Å². The maximum atomic E-state index is 2.22. The first-order valence-electron chi connectivity index (χ1n) is 4.87. The minimum atomic E-state index is 0. The maximum Gasteiger partial charge on any atom is 0.0893 e. The van der Waals surface area contributed by atoms with Crippen LogP contribution >= 0.6 is 8.58 Å². The standard InChI is InChI=1S/C13H13P.BrH/c1-3-7-12(8-4-1)11-14-13-9-5-2-6-10-13;/h1-10,14H,11H2;1H. The number of rotatable bonds is 3. The Balaban J connectivity index is 0.00000112. The monoisotopic (exact) mass is 280 g/mol. The zero-order valence-electron chi connectivity index (χ0n) is 8.44. The smallest absolute Gasteiger partial charge is 0.0893 e. The summed E-state index contributed by atoms with van der Waals surface area (Å²) in [6.07, 6.45) is 1.21. The summed E-state index contributed by atoms with van der Waals surface area (Å²) in [5.41, 5.74) is 1.45. The first kappa shape index (κ1) is 12.4. The molecule has 0 amide bonds. The van der Waals surface area contributed by atoms with Gasteiger partial charge in [-0.2, -0.15) is 0 Å². The van der Waals surface area contributed by atoms with E-state index >= 15 is 0 Å². The fourth-order valence-corrected chi connectivity index (χ4v) is 2.68. The molecule has 0 aromatic heterocycles.